The molecule has 0 radical (unpaired) electrons. The minimum atomic E-state index is -1.84. The number of unbranched alkanes of at least 4 members (excludes halogenated alkanes) is 2. The number of rotatable bonds is 33. The van der Waals surface area contributed by atoms with Crippen molar-refractivity contribution in [1.29, 1.82) is 0 Å². The average Bonchev–Trinajstić information content (AvgIpc) is 3.77. The fraction of sp³-hybridized carbons (Fsp3) is 0.750. The fourth-order valence-electron chi connectivity index (χ4n) is 7.40. The average molecular weight is 1000 g/mol. The van der Waals surface area contributed by atoms with Crippen molar-refractivity contribution in [3.8, 4) is 0 Å². The van der Waals surface area contributed by atoms with Gasteiger partial charge >= 0.3 is 17.9 Å². The highest BCUT2D eigenvalue weighted by Gasteiger charge is 2.40. The second-order valence-electron chi connectivity index (χ2n) is 18.2. The first-order valence-corrected chi connectivity index (χ1v) is 23.7. The van der Waals surface area contributed by atoms with E-state index in [9.17, 15) is 73.2 Å². The van der Waals surface area contributed by atoms with Gasteiger partial charge in [0.25, 0.3) is 0 Å². The Bertz CT molecular complexity index is 1820. The fourth-order valence-corrected chi connectivity index (χ4v) is 7.40. The quantitative estimate of drug-likeness (QED) is 0.0284. The number of carboxylic acid groups (broad SMARTS) is 3. The first-order chi connectivity index (χ1) is 32.8. The predicted molar refractivity (Wildman–Crippen MR) is 250 cm³/mol. The number of nitrogens with zero attached hydrogens (tertiary/aromatic N) is 1. The Kier molecular flexibility index (Phi) is 27.7. The van der Waals surface area contributed by atoms with E-state index in [1.54, 1.807) is 13.8 Å². The monoisotopic (exact) mass is 1000 g/mol. The third kappa shape index (κ3) is 21.3. The summed E-state index contributed by atoms with van der Waals surface area (Å²) in [6, 6.07) is -12.4. The molecule has 17 N–H and O–H groups in total. The molecule has 1 aliphatic heterocycles. The van der Waals surface area contributed by atoms with Gasteiger partial charge in [0.15, 0.2) is 0 Å². The molecule has 0 spiro atoms. The second kappa shape index (κ2) is 31.3. The lowest BCUT2D eigenvalue weighted by Crippen LogP contribution is -2.62. The zero-order chi connectivity index (χ0) is 53.4. The van der Waals surface area contributed by atoms with E-state index >= 15 is 0 Å². The summed E-state index contributed by atoms with van der Waals surface area (Å²) in [6.07, 6.45) is -1.46. The molecule has 1 fully saturated rings. The molecule has 1 saturated heterocycles. The lowest BCUT2D eigenvalue weighted by atomic mass is 10.00. The minimum absolute atomic E-state index is 0.00181. The maximum atomic E-state index is 13.9. The number of hydrogen-bond acceptors (Lipinski definition) is 15. The van der Waals surface area contributed by atoms with Gasteiger partial charge in [-0.05, 0) is 103 Å². The Morgan fingerprint density at radius 1 is 0.529 bits per heavy atom. The normalized spacial score (nSPS) is 17.3. The molecule has 0 saturated carbocycles. The van der Waals surface area contributed by atoms with Crippen LogP contribution < -0.4 is 54.4 Å². The van der Waals surface area contributed by atoms with Crippen molar-refractivity contribution < 1.29 is 73.2 Å². The van der Waals surface area contributed by atoms with E-state index in [0.717, 1.165) is 6.92 Å². The van der Waals surface area contributed by atoms with Crippen molar-refractivity contribution in [3.63, 3.8) is 0 Å². The van der Waals surface area contributed by atoms with E-state index < -0.39 is 163 Å². The number of nitrogens with one attached hydrogen (secondary N) is 7. The number of likely N-dealkylation sites (tertiary alicyclic amines) is 1. The first-order valence-electron chi connectivity index (χ1n) is 23.7. The number of carboxylic acids is 3. The van der Waals surface area contributed by atoms with Crippen molar-refractivity contribution in [1.82, 2.24) is 42.1 Å². The van der Waals surface area contributed by atoms with Crippen LogP contribution in [0, 0.1) is 11.8 Å². The first kappa shape index (κ1) is 62.0. The number of nitrogens with two attached hydrogens (primary N) is 3. The van der Waals surface area contributed by atoms with Crippen molar-refractivity contribution in [2.75, 3.05) is 19.6 Å². The molecule has 1 rings (SSSR count). The molecule has 0 aliphatic carbocycles. The van der Waals surface area contributed by atoms with Crippen molar-refractivity contribution in [2.45, 2.75) is 179 Å². The number of carbonyl (C=O) groups is 11. The van der Waals surface area contributed by atoms with Gasteiger partial charge in [0, 0.05) is 19.4 Å². The van der Waals surface area contributed by atoms with Gasteiger partial charge in [0.05, 0.1) is 12.1 Å². The molecule has 0 unspecified atom stereocenters. The number of aliphatic hydroxyl groups is 1. The molecule has 70 heavy (non-hydrogen) atoms. The lowest BCUT2D eigenvalue weighted by Gasteiger charge is -2.31. The summed E-state index contributed by atoms with van der Waals surface area (Å²) in [5, 5.41) is 56.3. The molecule has 1 heterocycles. The molecule has 1 aliphatic rings. The Labute approximate surface area is 407 Å². The SMILES string of the molecule is CC(C)[C@H](NC(=O)[C@H](CCCCN)NC(=O)[C@H](CCC(=O)O)NC(=O)[C@@H](NC(=O)[C@@H](NC(=O)[C@H](CCC(=O)O)NC(=O)[C@@H]1CCCN1C(=O)[C@H](CCCCN)NC(=O)[C@H](C)N)[C@@H](C)O)C(C)C)C(=O)O. The van der Waals surface area contributed by atoms with Gasteiger partial charge in [0.1, 0.15) is 48.3 Å². The summed E-state index contributed by atoms with van der Waals surface area (Å²) >= 11 is 0. The van der Waals surface area contributed by atoms with Crippen molar-refractivity contribution in [2.24, 2.45) is 29.0 Å². The number of carbonyl (C=O) groups excluding carboxylic acids is 8. The van der Waals surface area contributed by atoms with E-state index in [2.05, 4.69) is 37.2 Å². The third-order valence-corrected chi connectivity index (χ3v) is 11.5. The molecule has 398 valence electrons. The number of aliphatic hydroxyl groups excluding tert-OH is 1. The van der Waals surface area contributed by atoms with Crippen LogP contribution in [0.3, 0.4) is 0 Å². The molecule has 8 amide bonds. The molecule has 0 aromatic rings. The number of hydrogen-bond donors (Lipinski definition) is 14. The van der Waals surface area contributed by atoms with Crippen LogP contribution in [0.2, 0.25) is 0 Å². The zero-order valence-electron chi connectivity index (χ0n) is 41.0. The van der Waals surface area contributed by atoms with Gasteiger partial charge in [-0.2, -0.15) is 0 Å². The maximum Gasteiger partial charge on any atom is 0.326 e. The van der Waals surface area contributed by atoms with Gasteiger partial charge < -0.3 is 79.7 Å². The van der Waals surface area contributed by atoms with Gasteiger partial charge in [-0.3, -0.25) is 47.9 Å². The summed E-state index contributed by atoms with van der Waals surface area (Å²) in [4.78, 5) is 145. The zero-order valence-corrected chi connectivity index (χ0v) is 41.0. The summed E-state index contributed by atoms with van der Waals surface area (Å²) in [5.74, 6) is -12.4. The van der Waals surface area contributed by atoms with Crippen LogP contribution in [0.4, 0.5) is 0 Å². The predicted octanol–water partition coefficient (Wildman–Crippen LogP) is -3.52. The Morgan fingerprint density at radius 2 is 0.943 bits per heavy atom. The van der Waals surface area contributed by atoms with Crippen LogP contribution in [0.25, 0.3) is 0 Å². The summed E-state index contributed by atoms with van der Waals surface area (Å²) in [5.41, 5.74) is 16.9. The topological polar surface area (TPSA) is 434 Å². The minimum Gasteiger partial charge on any atom is -0.481 e. The molecule has 0 bridgehead atoms. The summed E-state index contributed by atoms with van der Waals surface area (Å²) in [7, 11) is 0. The molecule has 26 heteroatoms. The largest absolute Gasteiger partial charge is 0.481 e. The number of aliphatic carboxylic acids is 3. The van der Waals surface area contributed by atoms with Gasteiger partial charge in [-0.15, -0.1) is 0 Å². The highest BCUT2D eigenvalue weighted by atomic mass is 16.4. The number of amides is 8. The molecule has 26 nitrogen and oxygen atoms in total. The third-order valence-electron chi connectivity index (χ3n) is 11.5. The van der Waals surface area contributed by atoms with Crippen LogP contribution in [0.1, 0.15) is 119 Å². The van der Waals surface area contributed by atoms with E-state index in [1.807, 2.05) is 0 Å². The molecule has 0 aromatic heterocycles. The van der Waals surface area contributed by atoms with Crippen LogP contribution in [0.15, 0.2) is 0 Å². The van der Waals surface area contributed by atoms with Gasteiger partial charge in [-0.1, -0.05) is 27.7 Å². The van der Waals surface area contributed by atoms with Crippen molar-refractivity contribution in [3.05, 3.63) is 0 Å². The van der Waals surface area contributed by atoms with E-state index in [-0.39, 0.29) is 32.4 Å². The summed E-state index contributed by atoms with van der Waals surface area (Å²) in [6.45, 7) is 9.38. The van der Waals surface area contributed by atoms with Crippen LogP contribution >= 0.6 is 0 Å². The Hall–Kier alpha value is -5.99. The molecular formula is C44H77N11O15. The highest BCUT2D eigenvalue weighted by molar-refractivity contribution is 5.98. The van der Waals surface area contributed by atoms with Crippen LogP contribution in [0.5, 0.6) is 0 Å². The molecular weight excluding hydrogens is 923 g/mol. The van der Waals surface area contributed by atoms with E-state index in [1.165, 1.54) is 25.7 Å². The second-order valence-corrected chi connectivity index (χ2v) is 18.2. The molecule has 0 aromatic carbocycles. The van der Waals surface area contributed by atoms with Crippen LogP contribution in [-0.2, 0) is 52.7 Å². The summed E-state index contributed by atoms with van der Waals surface area (Å²) < 4.78 is 0. The Balaban J connectivity index is 3.38. The van der Waals surface area contributed by atoms with Gasteiger partial charge in [-0.25, -0.2) is 4.79 Å². The highest BCUT2D eigenvalue weighted by Crippen LogP contribution is 2.21. The van der Waals surface area contributed by atoms with E-state index in [0.29, 0.717) is 38.6 Å². The smallest absolute Gasteiger partial charge is 0.326 e. The Morgan fingerprint density at radius 3 is 1.40 bits per heavy atom. The van der Waals surface area contributed by atoms with Crippen LogP contribution in [-0.4, -0.2) is 171 Å². The van der Waals surface area contributed by atoms with E-state index in [4.69, 9.17) is 17.2 Å². The lowest BCUT2D eigenvalue weighted by molar-refractivity contribution is -0.143. The molecule has 10 atom stereocenters. The maximum absolute atomic E-state index is 13.9. The van der Waals surface area contributed by atoms with Gasteiger partial charge in [0.2, 0.25) is 47.3 Å². The van der Waals surface area contributed by atoms with Crippen molar-refractivity contribution >= 4 is 65.2 Å². The standard InChI is InChI=1S/C44H77N11O15/c1-22(2)33(41(66)50-27(15-17-31(57)58)37(62)48-26(12-7-9-19-45)38(63)53-34(23(3)4)44(69)70)52-42(67)35(25(6)56)54-39(64)28(16-18-32(59)60)49-40(65)30-14-11-21-55(30)43(68)29(13-8-10-20-46)51-36(61)24(5)47/h22-30,33-35,56H,7-21,45-47H2,1-6H3,(H,48,62)(H,49,65)(H,50,66)(H,51,61)(H,52,67)(H,53,63)(H,54,64)(H,57,58)(H,59,60)(H,69,70)/t24-,25+,26-,27-,28-,29-,30-,33-,34-,35-/m0/s1.